The van der Waals surface area contributed by atoms with Crippen molar-refractivity contribution in [1.82, 2.24) is 0 Å². The van der Waals surface area contributed by atoms with Crippen LogP contribution in [0.3, 0.4) is 0 Å². The molecule has 0 saturated heterocycles. The Kier molecular flexibility index (Phi) is 6.61. The Morgan fingerprint density at radius 3 is 1.43 bits per heavy atom. The van der Waals surface area contributed by atoms with Crippen LogP contribution in [0.1, 0.15) is 30.5 Å². The number of benzene rings is 8. The zero-order valence-corrected chi connectivity index (χ0v) is 27.5. The third kappa shape index (κ3) is 4.61. The first-order valence-electron chi connectivity index (χ1n) is 16.9. The highest BCUT2D eigenvalue weighted by Crippen LogP contribution is 2.50. The van der Waals surface area contributed by atoms with E-state index in [-0.39, 0.29) is 5.41 Å². The van der Waals surface area contributed by atoms with Crippen molar-refractivity contribution in [2.24, 2.45) is 0 Å². The van der Waals surface area contributed by atoms with Crippen molar-refractivity contribution in [2.45, 2.75) is 19.3 Å². The minimum absolute atomic E-state index is 0.169. The number of hydrogen-bond acceptors (Lipinski definition) is 1. The lowest BCUT2D eigenvalue weighted by atomic mass is 9.81. The van der Waals surface area contributed by atoms with Gasteiger partial charge >= 0.3 is 0 Å². The smallest absolute Gasteiger partial charge is 0.0991 e. The average molecular weight is 624 g/mol. The number of nitriles is 1. The van der Waals surface area contributed by atoms with E-state index in [2.05, 4.69) is 178 Å². The first-order chi connectivity index (χ1) is 24.0. The molecular weight excluding hydrogens is 591 g/mol. The van der Waals surface area contributed by atoms with E-state index < -0.39 is 0 Å². The quantitative estimate of drug-likeness (QED) is 0.179. The van der Waals surface area contributed by atoms with Gasteiger partial charge < -0.3 is 0 Å². The molecule has 1 heteroatoms. The van der Waals surface area contributed by atoms with Crippen molar-refractivity contribution in [3.63, 3.8) is 0 Å². The predicted molar refractivity (Wildman–Crippen MR) is 205 cm³/mol. The van der Waals surface area contributed by atoms with E-state index in [4.69, 9.17) is 0 Å². The molecule has 8 aromatic rings. The summed E-state index contributed by atoms with van der Waals surface area (Å²) < 4.78 is 0. The SMILES string of the molecule is CC1(C)c2cc(C#N)ccc2-c2ccc(-c3ccc(-c4ccc5c(-c6ccccc6)c6ccccc6c(-c6ccccc6)c5c4)cc3)cc21. The topological polar surface area (TPSA) is 23.8 Å². The van der Waals surface area contributed by atoms with Crippen LogP contribution >= 0.6 is 0 Å². The van der Waals surface area contributed by atoms with Gasteiger partial charge in [-0.05, 0) is 113 Å². The highest BCUT2D eigenvalue weighted by Gasteiger charge is 2.35. The molecule has 0 spiro atoms. The highest BCUT2D eigenvalue weighted by atomic mass is 14.4. The van der Waals surface area contributed by atoms with Gasteiger partial charge in [-0.25, -0.2) is 0 Å². The summed E-state index contributed by atoms with van der Waals surface area (Å²) in [6.07, 6.45) is 0. The summed E-state index contributed by atoms with van der Waals surface area (Å²) in [5, 5.41) is 14.6. The molecule has 230 valence electrons. The summed E-state index contributed by atoms with van der Waals surface area (Å²) >= 11 is 0. The van der Waals surface area contributed by atoms with E-state index in [9.17, 15) is 5.26 Å². The fourth-order valence-corrected chi connectivity index (χ4v) is 8.03. The van der Waals surface area contributed by atoms with Crippen LogP contribution < -0.4 is 0 Å². The molecule has 1 nitrogen and oxygen atoms in total. The van der Waals surface area contributed by atoms with E-state index in [1.54, 1.807) is 0 Å². The third-order valence-electron chi connectivity index (χ3n) is 10.5. The van der Waals surface area contributed by atoms with Gasteiger partial charge in [-0.1, -0.05) is 153 Å². The molecule has 0 N–H and O–H groups in total. The van der Waals surface area contributed by atoms with E-state index >= 15 is 0 Å². The Balaban J connectivity index is 1.16. The van der Waals surface area contributed by atoms with E-state index in [1.807, 2.05) is 6.07 Å². The predicted octanol–water partition coefficient (Wildman–Crippen LogP) is 12.8. The first kappa shape index (κ1) is 29.0. The number of fused-ring (bicyclic) bond motifs is 5. The van der Waals surface area contributed by atoms with E-state index in [0.29, 0.717) is 5.56 Å². The highest BCUT2D eigenvalue weighted by molar-refractivity contribution is 6.22. The lowest BCUT2D eigenvalue weighted by molar-refractivity contribution is 0.660. The van der Waals surface area contributed by atoms with Gasteiger partial charge in [-0.3, -0.25) is 0 Å². The standard InChI is InChI=1S/C48H33N/c1-48(2)44-27-31(30-49)17-24-38(44)39-25-22-37(29-45(39)48)33-20-18-32(19-21-33)36-23-26-42-43(28-36)47(35-13-7-4-8-14-35)41-16-10-9-15-40(41)46(42)34-11-5-3-6-12-34/h3-29H,1-2H3. The third-order valence-corrected chi connectivity index (χ3v) is 10.5. The van der Waals surface area contributed by atoms with Gasteiger partial charge in [0.25, 0.3) is 0 Å². The van der Waals surface area contributed by atoms with Crippen LogP contribution in [-0.4, -0.2) is 0 Å². The second kappa shape index (κ2) is 11.2. The van der Waals surface area contributed by atoms with Gasteiger partial charge in [0, 0.05) is 5.41 Å². The summed E-state index contributed by atoms with van der Waals surface area (Å²) in [7, 11) is 0. The normalized spacial score (nSPS) is 12.8. The van der Waals surface area contributed by atoms with Crippen LogP contribution in [0.5, 0.6) is 0 Å². The molecule has 0 unspecified atom stereocenters. The average Bonchev–Trinajstić information content (AvgIpc) is 3.39. The second-order valence-electron chi connectivity index (χ2n) is 13.6. The minimum atomic E-state index is -0.169. The van der Waals surface area contributed by atoms with E-state index in [0.717, 1.165) is 0 Å². The van der Waals surface area contributed by atoms with E-state index in [1.165, 1.54) is 88.3 Å². The molecule has 0 amide bonds. The molecule has 0 heterocycles. The van der Waals surface area contributed by atoms with Gasteiger partial charge in [0.15, 0.2) is 0 Å². The van der Waals surface area contributed by atoms with Gasteiger partial charge in [0.2, 0.25) is 0 Å². The van der Waals surface area contributed by atoms with Crippen LogP contribution in [-0.2, 0) is 5.41 Å². The Bertz CT molecular complexity index is 2600. The zero-order valence-electron chi connectivity index (χ0n) is 27.5. The van der Waals surface area contributed by atoms with Crippen molar-refractivity contribution in [1.29, 1.82) is 5.26 Å². The Hall–Kier alpha value is -6.23. The van der Waals surface area contributed by atoms with Crippen LogP contribution in [0, 0.1) is 11.3 Å². The molecule has 0 atom stereocenters. The molecule has 0 radical (unpaired) electrons. The lowest BCUT2D eigenvalue weighted by Crippen LogP contribution is -2.15. The van der Waals surface area contributed by atoms with Crippen LogP contribution in [0.15, 0.2) is 164 Å². The maximum atomic E-state index is 9.52. The summed E-state index contributed by atoms with van der Waals surface area (Å²) in [6.45, 7) is 4.53. The van der Waals surface area contributed by atoms with Crippen molar-refractivity contribution < 1.29 is 0 Å². The lowest BCUT2D eigenvalue weighted by Gasteiger charge is -2.22. The van der Waals surface area contributed by atoms with Crippen molar-refractivity contribution >= 4 is 21.5 Å². The summed E-state index contributed by atoms with van der Waals surface area (Å²) in [4.78, 5) is 0. The molecule has 49 heavy (non-hydrogen) atoms. The largest absolute Gasteiger partial charge is 0.192 e. The summed E-state index contributed by atoms with van der Waals surface area (Å²) in [5.74, 6) is 0. The number of hydrogen-bond donors (Lipinski definition) is 0. The molecule has 0 fully saturated rings. The Labute approximate surface area is 287 Å². The summed E-state index contributed by atoms with van der Waals surface area (Å²) in [5.41, 5.74) is 15.4. The van der Waals surface area contributed by atoms with Gasteiger partial charge in [-0.2, -0.15) is 5.26 Å². The van der Waals surface area contributed by atoms with Gasteiger partial charge in [-0.15, -0.1) is 0 Å². The molecule has 9 rings (SSSR count). The first-order valence-corrected chi connectivity index (χ1v) is 16.9. The van der Waals surface area contributed by atoms with Crippen molar-refractivity contribution in [3.8, 4) is 61.7 Å². The number of rotatable bonds is 4. The maximum absolute atomic E-state index is 9.52. The van der Waals surface area contributed by atoms with Gasteiger partial charge in [0.05, 0.1) is 11.6 Å². The molecule has 0 saturated carbocycles. The molecule has 0 aromatic heterocycles. The molecular formula is C48H33N. The Morgan fingerprint density at radius 2 is 0.837 bits per heavy atom. The zero-order chi connectivity index (χ0) is 33.1. The van der Waals surface area contributed by atoms with Crippen molar-refractivity contribution in [2.75, 3.05) is 0 Å². The molecule has 1 aliphatic rings. The maximum Gasteiger partial charge on any atom is 0.0991 e. The fraction of sp³-hybridized carbons (Fsp3) is 0.0625. The molecule has 1 aliphatic carbocycles. The van der Waals surface area contributed by atoms with Crippen LogP contribution in [0.25, 0.3) is 77.2 Å². The number of nitrogens with zero attached hydrogens (tertiary/aromatic N) is 1. The molecule has 8 aromatic carbocycles. The van der Waals surface area contributed by atoms with Crippen LogP contribution in [0.4, 0.5) is 0 Å². The monoisotopic (exact) mass is 623 g/mol. The fourth-order valence-electron chi connectivity index (χ4n) is 8.03. The van der Waals surface area contributed by atoms with Gasteiger partial charge in [0.1, 0.15) is 0 Å². The van der Waals surface area contributed by atoms with Crippen LogP contribution in [0.2, 0.25) is 0 Å². The Morgan fingerprint density at radius 1 is 0.388 bits per heavy atom. The minimum Gasteiger partial charge on any atom is -0.192 e. The second-order valence-corrected chi connectivity index (χ2v) is 13.6. The van der Waals surface area contributed by atoms with Crippen molar-refractivity contribution in [3.05, 3.63) is 180 Å². The molecule has 0 bridgehead atoms. The summed E-state index contributed by atoms with van der Waals surface area (Å²) in [6, 6.07) is 61.6. The molecule has 0 aliphatic heterocycles.